The van der Waals surface area contributed by atoms with Gasteiger partial charge in [-0.1, -0.05) is 60.7 Å². The van der Waals surface area contributed by atoms with E-state index in [0.29, 0.717) is 6.42 Å². The maximum absolute atomic E-state index is 12.0. The first-order valence-electron chi connectivity index (χ1n) is 7.39. The number of carbonyl (C=O) groups excluding carboxylic acids is 1. The fourth-order valence-corrected chi connectivity index (χ4v) is 2.94. The highest BCUT2D eigenvalue weighted by Gasteiger charge is 2.22. The molecule has 2 rings (SSSR count). The summed E-state index contributed by atoms with van der Waals surface area (Å²) in [5.74, 6) is 0. The van der Waals surface area contributed by atoms with Gasteiger partial charge in [-0.2, -0.15) is 0 Å². The van der Waals surface area contributed by atoms with Crippen molar-refractivity contribution < 1.29 is 18.6 Å². The minimum Gasteiger partial charge on any atom is -0.445 e. The van der Waals surface area contributed by atoms with Gasteiger partial charge < -0.3 is 4.74 Å². The van der Waals surface area contributed by atoms with Crippen molar-refractivity contribution in [2.75, 3.05) is 6.66 Å². The van der Waals surface area contributed by atoms with E-state index in [9.17, 15) is 9.36 Å². The van der Waals surface area contributed by atoms with E-state index in [1.807, 2.05) is 60.7 Å². The van der Waals surface area contributed by atoms with Gasteiger partial charge in [0, 0.05) is 13.1 Å². The fourth-order valence-electron chi connectivity index (χ4n) is 2.07. The molecule has 0 fully saturated rings. The monoisotopic (exact) mass is 367 g/mol. The number of hydrogen-bond donors (Lipinski definition) is 1. The third kappa shape index (κ3) is 7.18. The molecule has 0 saturated heterocycles. The first-order chi connectivity index (χ1) is 11.4. The minimum absolute atomic E-state index is 0.134. The summed E-state index contributed by atoms with van der Waals surface area (Å²) in [6, 6.07) is 18.7. The number of rotatable bonds is 7. The number of nitrogens with one attached hydrogen (secondary N) is 1. The Morgan fingerprint density at radius 1 is 1.08 bits per heavy atom. The SMILES string of the molecule is CP(=O)(Cl)OC(Cc1ccccc1)NC(=O)OCc1ccccc1. The number of hydrogen-bond acceptors (Lipinski definition) is 4. The van der Waals surface area contributed by atoms with Gasteiger partial charge in [-0.3, -0.25) is 14.4 Å². The van der Waals surface area contributed by atoms with Gasteiger partial charge in [0.2, 0.25) is 0 Å². The fraction of sp³-hybridized carbons (Fsp3) is 0.235. The molecule has 0 aromatic heterocycles. The predicted molar refractivity (Wildman–Crippen MR) is 94.2 cm³/mol. The summed E-state index contributed by atoms with van der Waals surface area (Å²) in [6.07, 6.45) is -1.18. The highest BCUT2D eigenvalue weighted by Crippen LogP contribution is 2.49. The van der Waals surface area contributed by atoms with Crippen LogP contribution in [0, 0.1) is 0 Å². The largest absolute Gasteiger partial charge is 0.445 e. The number of benzene rings is 2. The van der Waals surface area contributed by atoms with Crippen LogP contribution in [0.25, 0.3) is 0 Å². The van der Waals surface area contributed by atoms with Crippen molar-refractivity contribution in [3.8, 4) is 0 Å². The Hall–Kier alpha value is -1.81. The number of carbonyl (C=O) groups is 1. The summed E-state index contributed by atoms with van der Waals surface area (Å²) >= 11 is 5.69. The first-order valence-corrected chi connectivity index (χ1v) is 10.4. The lowest BCUT2D eigenvalue weighted by molar-refractivity contribution is 0.108. The van der Waals surface area contributed by atoms with E-state index in [4.69, 9.17) is 20.5 Å². The zero-order chi connectivity index (χ0) is 17.4. The summed E-state index contributed by atoms with van der Waals surface area (Å²) in [5.41, 5.74) is 1.78. The Balaban J connectivity index is 1.93. The first kappa shape index (κ1) is 18.5. The molecule has 5 nitrogen and oxygen atoms in total. The lowest BCUT2D eigenvalue weighted by Crippen LogP contribution is -2.38. The van der Waals surface area contributed by atoms with Crippen molar-refractivity contribution in [1.29, 1.82) is 0 Å². The van der Waals surface area contributed by atoms with Crippen molar-refractivity contribution >= 4 is 24.1 Å². The van der Waals surface area contributed by atoms with E-state index in [0.717, 1.165) is 11.1 Å². The zero-order valence-corrected chi connectivity index (χ0v) is 14.9. The summed E-state index contributed by atoms with van der Waals surface area (Å²) in [4.78, 5) is 12.0. The molecule has 1 amide bonds. The van der Waals surface area contributed by atoms with Crippen LogP contribution in [0.1, 0.15) is 11.1 Å². The van der Waals surface area contributed by atoms with Gasteiger partial charge in [0.1, 0.15) is 12.8 Å². The molecule has 0 heterocycles. The highest BCUT2D eigenvalue weighted by molar-refractivity contribution is 7.84. The molecule has 0 aliphatic heterocycles. The van der Waals surface area contributed by atoms with Crippen LogP contribution in [-0.4, -0.2) is 19.0 Å². The molecule has 2 atom stereocenters. The second-order valence-corrected chi connectivity index (χ2v) is 8.78. The van der Waals surface area contributed by atoms with Gasteiger partial charge in [-0.25, -0.2) is 4.79 Å². The minimum atomic E-state index is -3.29. The Bertz CT molecular complexity index is 690. The Morgan fingerprint density at radius 2 is 1.62 bits per heavy atom. The molecule has 0 radical (unpaired) electrons. The normalized spacial score (nSPS) is 14.4. The third-order valence-electron chi connectivity index (χ3n) is 3.07. The smallest absolute Gasteiger partial charge is 0.409 e. The zero-order valence-electron chi connectivity index (χ0n) is 13.2. The standard InChI is InChI=1S/C17H19ClNO4P/c1-24(18,21)23-16(12-14-8-4-2-5-9-14)19-17(20)22-13-15-10-6-3-7-11-15/h2-11,16H,12-13H2,1H3,(H,19,20). The van der Waals surface area contributed by atoms with Gasteiger partial charge in [0.15, 0.2) is 0 Å². The molecule has 2 aromatic rings. The van der Waals surface area contributed by atoms with Gasteiger partial charge in [-0.05, 0) is 22.4 Å². The van der Waals surface area contributed by atoms with Crippen molar-refractivity contribution in [2.24, 2.45) is 0 Å². The van der Waals surface area contributed by atoms with Gasteiger partial charge >= 0.3 is 6.09 Å². The Labute approximate surface area is 146 Å². The molecule has 2 aromatic carbocycles. The number of ether oxygens (including phenoxy) is 1. The van der Waals surface area contributed by atoms with Gasteiger partial charge in [0.05, 0.1) is 0 Å². The van der Waals surface area contributed by atoms with E-state index in [-0.39, 0.29) is 6.61 Å². The Morgan fingerprint density at radius 3 is 2.17 bits per heavy atom. The quantitative estimate of drug-likeness (QED) is 0.575. The van der Waals surface area contributed by atoms with E-state index < -0.39 is 19.0 Å². The van der Waals surface area contributed by atoms with Crippen LogP contribution in [0.5, 0.6) is 0 Å². The van der Waals surface area contributed by atoms with E-state index in [1.165, 1.54) is 6.66 Å². The number of halogens is 1. The van der Waals surface area contributed by atoms with E-state index in [2.05, 4.69) is 5.32 Å². The molecule has 0 saturated carbocycles. The maximum atomic E-state index is 12.0. The maximum Gasteiger partial charge on any atom is 0.409 e. The van der Waals surface area contributed by atoms with Crippen LogP contribution in [0.2, 0.25) is 0 Å². The molecule has 2 unspecified atom stereocenters. The molecule has 0 aliphatic rings. The van der Waals surface area contributed by atoms with Gasteiger partial charge in [-0.15, -0.1) is 0 Å². The van der Waals surface area contributed by atoms with Crippen LogP contribution >= 0.6 is 18.0 Å². The molecular formula is C17H19ClNO4P. The summed E-state index contributed by atoms with van der Waals surface area (Å²) in [6.45, 7) is -1.87. The van der Waals surface area contributed by atoms with Crippen molar-refractivity contribution in [2.45, 2.75) is 19.3 Å². The van der Waals surface area contributed by atoms with Crippen molar-refractivity contribution in [3.05, 3.63) is 71.8 Å². The Kier molecular flexibility index (Phi) is 6.85. The van der Waals surface area contributed by atoms with E-state index in [1.54, 1.807) is 0 Å². The summed E-state index contributed by atoms with van der Waals surface area (Å²) in [5, 5.41) is 2.55. The molecule has 128 valence electrons. The lowest BCUT2D eigenvalue weighted by atomic mass is 10.1. The molecule has 0 spiro atoms. The molecule has 0 bridgehead atoms. The van der Waals surface area contributed by atoms with Crippen LogP contribution in [0.4, 0.5) is 4.79 Å². The number of amides is 1. The van der Waals surface area contributed by atoms with Crippen molar-refractivity contribution in [3.63, 3.8) is 0 Å². The average molecular weight is 368 g/mol. The highest BCUT2D eigenvalue weighted by atomic mass is 35.7. The molecular weight excluding hydrogens is 349 g/mol. The summed E-state index contributed by atoms with van der Waals surface area (Å²) in [7, 11) is 0. The second kappa shape index (κ2) is 8.88. The average Bonchev–Trinajstić information content (AvgIpc) is 2.53. The third-order valence-corrected chi connectivity index (χ3v) is 3.94. The molecule has 0 aliphatic carbocycles. The van der Waals surface area contributed by atoms with Crippen LogP contribution in [-0.2, 0) is 26.9 Å². The molecule has 24 heavy (non-hydrogen) atoms. The molecule has 1 N–H and O–H groups in total. The van der Waals surface area contributed by atoms with Crippen LogP contribution < -0.4 is 5.32 Å². The predicted octanol–water partition coefficient (Wildman–Crippen LogP) is 4.56. The summed E-state index contributed by atoms with van der Waals surface area (Å²) < 4.78 is 22.1. The van der Waals surface area contributed by atoms with E-state index >= 15 is 0 Å². The van der Waals surface area contributed by atoms with Gasteiger partial charge in [0.25, 0.3) is 6.72 Å². The van der Waals surface area contributed by atoms with Crippen LogP contribution in [0.15, 0.2) is 60.7 Å². The van der Waals surface area contributed by atoms with Crippen molar-refractivity contribution in [1.82, 2.24) is 5.32 Å². The number of alkyl carbamates (subject to hydrolysis) is 1. The topological polar surface area (TPSA) is 64.6 Å². The lowest BCUT2D eigenvalue weighted by Gasteiger charge is -2.20. The van der Waals surface area contributed by atoms with Crippen LogP contribution in [0.3, 0.4) is 0 Å². The molecule has 7 heteroatoms. The second-order valence-electron chi connectivity index (χ2n) is 5.24.